The summed E-state index contributed by atoms with van der Waals surface area (Å²) < 4.78 is 13.2. The van der Waals surface area contributed by atoms with Crippen LogP contribution < -0.4 is 4.74 Å². The Labute approximate surface area is 80.3 Å². The first-order chi connectivity index (χ1) is 6.40. The van der Waals surface area contributed by atoms with Crippen LogP contribution in [0.1, 0.15) is 0 Å². The fourth-order valence-corrected chi connectivity index (χ4v) is 1.51. The summed E-state index contributed by atoms with van der Waals surface area (Å²) in [7, 11) is 1.65. The lowest BCUT2D eigenvalue weighted by Crippen LogP contribution is -1.83. The lowest BCUT2D eigenvalue weighted by molar-refractivity contribution is 0.415. The Hall–Kier alpha value is -1.42. The second kappa shape index (κ2) is 3.53. The molecule has 0 aliphatic carbocycles. The number of hydrogen-bond donors (Lipinski definition) is 0. The van der Waals surface area contributed by atoms with E-state index in [0.717, 1.165) is 17.0 Å². The van der Waals surface area contributed by atoms with Crippen LogP contribution in [0.2, 0.25) is 0 Å². The van der Waals surface area contributed by atoms with Gasteiger partial charge in [0.15, 0.2) is 0 Å². The molecule has 66 valence electrons. The minimum Gasteiger partial charge on any atom is -0.497 e. The Morgan fingerprint density at radius 3 is 3.00 bits per heavy atom. The van der Waals surface area contributed by atoms with E-state index in [2.05, 4.69) is 8.75 Å². The zero-order chi connectivity index (χ0) is 9.10. The highest BCUT2D eigenvalue weighted by atomic mass is 32.1. The highest BCUT2D eigenvalue weighted by Crippen LogP contribution is 2.21. The van der Waals surface area contributed by atoms with E-state index < -0.39 is 0 Å². The first-order valence-corrected chi connectivity index (χ1v) is 4.55. The van der Waals surface area contributed by atoms with Crippen molar-refractivity contribution in [2.75, 3.05) is 7.11 Å². The number of hydrogen-bond acceptors (Lipinski definition) is 4. The number of ether oxygens (including phenoxy) is 1. The minimum atomic E-state index is 0.838. The largest absolute Gasteiger partial charge is 0.497 e. The molecule has 0 unspecified atom stereocenters. The summed E-state index contributed by atoms with van der Waals surface area (Å²) >= 11 is 1.21. The summed E-state index contributed by atoms with van der Waals surface area (Å²) in [4.78, 5) is 0. The summed E-state index contributed by atoms with van der Waals surface area (Å²) in [6.07, 6.45) is 1.75. The monoisotopic (exact) mass is 192 g/mol. The average Bonchev–Trinajstić information content (AvgIpc) is 2.71. The van der Waals surface area contributed by atoms with Crippen molar-refractivity contribution in [1.82, 2.24) is 8.75 Å². The molecule has 1 aromatic carbocycles. The van der Waals surface area contributed by atoms with E-state index in [-0.39, 0.29) is 0 Å². The normalized spacial score (nSPS) is 9.92. The van der Waals surface area contributed by atoms with E-state index in [4.69, 9.17) is 4.74 Å². The summed E-state index contributed by atoms with van der Waals surface area (Å²) in [5.74, 6) is 0.838. The van der Waals surface area contributed by atoms with Crippen molar-refractivity contribution in [3.8, 4) is 17.0 Å². The molecular formula is C9H8N2OS. The molecule has 1 heterocycles. The molecule has 2 aromatic rings. The van der Waals surface area contributed by atoms with Gasteiger partial charge in [0.25, 0.3) is 0 Å². The zero-order valence-corrected chi connectivity index (χ0v) is 7.91. The number of methoxy groups -OCH3 is 1. The van der Waals surface area contributed by atoms with Crippen LogP contribution in [0.15, 0.2) is 30.5 Å². The molecule has 0 aliphatic heterocycles. The standard InChI is InChI=1S/C9H8N2OS/c1-12-8-4-2-3-7(5-8)9-6-10-13-11-9/h2-6H,1H3. The lowest BCUT2D eigenvalue weighted by Gasteiger charge is -2.00. The Balaban J connectivity index is 2.41. The van der Waals surface area contributed by atoms with E-state index in [1.54, 1.807) is 13.3 Å². The fraction of sp³-hybridized carbons (Fsp3) is 0.111. The van der Waals surface area contributed by atoms with Crippen molar-refractivity contribution in [3.05, 3.63) is 30.5 Å². The third kappa shape index (κ3) is 1.67. The molecular weight excluding hydrogens is 184 g/mol. The lowest BCUT2D eigenvalue weighted by atomic mass is 10.2. The van der Waals surface area contributed by atoms with Gasteiger partial charge in [0.05, 0.1) is 25.0 Å². The molecule has 0 spiro atoms. The predicted molar refractivity (Wildman–Crippen MR) is 51.9 cm³/mol. The third-order valence-corrected chi connectivity index (χ3v) is 2.20. The molecule has 0 aliphatic rings. The highest BCUT2D eigenvalue weighted by Gasteiger charge is 2.01. The van der Waals surface area contributed by atoms with Gasteiger partial charge in [-0.15, -0.1) is 0 Å². The molecule has 0 fully saturated rings. The van der Waals surface area contributed by atoms with Gasteiger partial charge in [0.1, 0.15) is 11.4 Å². The van der Waals surface area contributed by atoms with E-state index in [0.29, 0.717) is 0 Å². The van der Waals surface area contributed by atoms with Gasteiger partial charge >= 0.3 is 0 Å². The smallest absolute Gasteiger partial charge is 0.119 e. The molecule has 3 nitrogen and oxygen atoms in total. The fourth-order valence-electron chi connectivity index (χ4n) is 1.07. The molecule has 0 saturated heterocycles. The average molecular weight is 192 g/mol. The second-order valence-corrected chi connectivity index (χ2v) is 3.08. The van der Waals surface area contributed by atoms with Gasteiger partial charge in [-0.2, -0.15) is 8.75 Å². The van der Waals surface area contributed by atoms with Crippen molar-refractivity contribution < 1.29 is 4.74 Å². The third-order valence-electron chi connectivity index (χ3n) is 1.73. The van der Waals surface area contributed by atoms with Crippen LogP contribution in [-0.4, -0.2) is 15.9 Å². The van der Waals surface area contributed by atoms with Crippen LogP contribution in [0.5, 0.6) is 5.75 Å². The quantitative estimate of drug-likeness (QED) is 0.731. The molecule has 0 atom stereocenters. The van der Waals surface area contributed by atoms with Crippen LogP contribution in [0.25, 0.3) is 11.3 Å². The SMILES string of the molecule is COc1cccc(-c2cnsn2)c1. The maximum Gasteiger partial charge on any atom is 0.119 e. The van der Waals surface area contributed by atoms with Crippen molar-refractivity contribution >= 4 is 11.7 Å². The molecule has 2 rings (SSSR count). The highest BCUT2D eigenvalue weighted by molar-refractivity contribution is 6.99. The van der Waals surface area contributed by atoms with Gasteiger partial charge in [-0.05, 0) is 12.1 Å². The number of rotatable bonds is 2. The summed E-state index contributed by atoms with van der Waals surface area (Å²) in [5, 5.41) is 0. The minimum absolute atomic E-state index is 0.838. The van der Waals surface area contributed by atoms with Gasteiger partial charge in [-0.1, -0.05) is 12.1 Å². The maximum absolute atomic E-state index is 5.11. The molecule has 13 heavy (non-hydrogen) atoms. The molecule has 1 aromatic heterocycles. The molecule has 0 bridgehead atoms. The molecule has 0 saturated carbocycles. The Morgan fingerprint density at radius 2 is 2.31 bits per heavy atom. The van der Waals surface area contributed by atoms with E-state index in [1.165, 1.54) is 11.7 Å². The van der Waals surface area contributed by atoms with E-state index >= 15 is 0 Å². The molecule has 4 heteroatoms. The van der Waals surface area contributed by atoms with Gasteiger partial charge < -0.3 is 4.74 Å². The molecule has 0 N–H and O–H groups in total. The summed E-state index contributed by atoms with van der Waals surface area (Å²) in [6, 6.07) is 7.77. The van der Waals surface area contributed by atoms with Crippen molar-refractivity contribution in [1.29, 1.82) is 0 Å². The first-order valence-electron chi connectivity index (χ1n) is 3.82. The van der Waals surface area contributed by atoms with Crippen LogP contribution >= 0.6 is 11.7 Å². The topological polar surface area (TPSA) is 35.0 Å². The Morgan fingerprint density at radius 1 is 1.38 bits per heavy atom. The van der Waals surface area contributed by atoms with Crippen LogP contribution in [0.3, 0.4) is 0 Å². The molecule has 0 amide bonds. The Kier molecular flexibility index (Phi) is 2.23. The first kappa shape index (κ1) is 8.19. The number of benzene rings is 1. The summed E-state index contributed by atoms with van der Waals surface area (Å²) in [5.41, 5.74) is 1.93. The van der Waals surface area contributed by atoms with Crippen molar-refractivity contribution in [3.63, 3.8) is 0 Å². The van der Waals surface area contributed by atoms with Crippen molar-refractivity contribution in [2.24, 2.45) is 0 Å². The van der Waals surface area contributed by atoms with E-state index in [1.807, 2.05) is 24.3 Å². The van der Waals surface area contributed by atoms with E-state index in [9.17, 15) is 0 Å². The number of aromatic nitrogens is 2. The summed E-state index contributed by atoms with van der Waals surface area (Å²) in [6.45, 7) is 0. The van der Waals surface area contributed by atoms with Crippen LogP contribution in [0.4, 0.5) is 0 Å². The van der Waals surface area contributed by atoms with Crippen LogP contribution in [-0.2, 0) is 0 Å². The van der Waals surface area contributed by atoms with Gasteiger partial charge in [-0.3, -0.25) is 0 Å². The van der Waals surface area contributed by atoms with Gasteiger partial charge in [0.2, 0.25) is 0 Å². The second-order valence-electron chi connectivity index (χ2n) is 2.52. The molecule has 0 radical (unpaired) electrons. The zero-order valence-electron chi connectivity index (χ0n) is 7.10. The predicted octanol–water partition coefficient (Wildman–Crippen LogP) is 2.21. The van der Waals surface area contributed by atoms with Crippen LogP contribution in [0, 0.1) is 0 Å². The number of nitrogens with zero attached hydrogens (tertiary/aromatic N) is 2. The van der Waals surface area contributed by atoms with Gasteiger partial charge in [-0.25, -0.2) is 0 Å². The Bertz CT molecular complexity index is 386. The van der Waals surface area contributed by atoms with Crippen molar-refractivity contribution in [2.45, 2.75) is 0 Å². The van der Waals surface area contributed by atoms with Gasteiger partial charge in [0, 0.05) is 5.56 Å². The maximum atomic E-state index is 5.11.